The Morgan fingerprint density at radius 2 is 1.87 bits per heavy atom. The molecule has 0 saturated carbocycles. The highest BCUT2D eigenvalue weighted by Crippen LogP contribution is 2.28. The Bertz CT molecular complexity index is 656. The predicted octanol–water partition coefficient (Wildman–Crippen LogP) is 3.74. The molecular weight excluding hydrogens is 288 g/mol. The van der Waals surface area contributed by atoms with Gasteiger partial charge in [-0.15, -0.1) is 0 Å². The number of nitrogens with zero attached hydrogens (tertiary/aromatic N) is 2. The third-order valence-corrected chi connectivity index (χ3v) is 3.72. The second-order valence-electron chi connectivity index (χ2n) is 5.87. The molecule has 0 N–H and O–H groups in total. The molecule has 1 heterocycles. The van der Waals surface area contributed by atoms with Crippen LogP contribution in [0.5, 0.6) is 11.5 Å². The van der Waals surface area contributed by atoms with E-state index in [2.05, 4.69) is 42.9 Å². The van der Waals surface area contributed by atoms with E-state index in [1.54, 1.807) is 7.11 Å². The summed E-state index contributed by atoms with van der Waals surface area (Å²) < 4.78 is 11.0. The van der Waals surface area contributed by atoms with Gasteiger partial charge in [0.1, 0.15) is 0 Å². The van der Waals surface area contributed by atoms with Gasteiger partial charge in [-0.25, -0.2) is 0 Å². The molecule has 2 rings (SSSR count). The topological polar surface area (TPSA) is 34.6 Å². The molecule has 0 unspecified atom stereocenters. The molecule has 0 atom stereocenters. The van der Waals surface area contributed by atoms with Crippen molar-refractivity contribution in [1.29, 1.82) is 0 Å². The first-order chi connectivity index (χ1) is 11.0. The van der Waals surface area contributed by atoms with Crippen LogP contribution in [0, 0.1) is 13.8 Å². The minimum absolute atomic E-state index is 0.627. The third kappa shape index (κ3) is 4.70. The van der Waals surface area contributed by atoms with Gasteiger partial charge >= 0.3 is 0 Å². The lowest BCUT2D eigenvalue weighted by molar-refractivity contribution is 0.302. The molecule has 2 aromatic rings. The fourth-order valence-corrected chi connectivity index (χ4v) is 2.62. The lowest BCUT2D eigenvalue weighted by Crippen LogP contribution is -2.18. The first-order valence-electron chi connectivity index (χ1n) is 7.93. The molecule has 23 heavy (non-hydrogen) atoms. The molecule has 0 amide bonds. The first kappa shape index (κ1) is 17.3. The van der Waals surface area contributed by atoms with Crippen LogP contribution in [0.1, 0.15) is 29.3 Å². The summed E-state index contributed by atoms with van der Waals surface area (Å²) >= 11 is 0. The summed E-state index contributed by atoms with van der Waals surface area (Å²) in [6.07, 6.45) is 1.93. The number of hydrogen-bond donors (Lipinski definition) is 0. The number of benzene rings is 1. The van der Waals surface area contributed by atoms with E-state index in [0.717, 1.165) is 30.3 Å². The van der Waals surface area contributed by atoms with Gasteiger partial charge in [0.05, 0.1) is 19.4 Å². The van der Waals surface area contributed by atoms with E-state index >= 15 is 0 Å². The smallest absolute Gasteiger partial charge is 0.161 e. The van der Waals surface area contributed by atoms with Crippen LogP contribution < -0.4 is 9.47 Å². The Balaban J connectivity index is 2.07. The van der Waals surface area contributed by atoms with E-state index in [4.69, 9.17) is 9.47 Å². The van der Waals surface area contributed by atoms with Crippen molar-refractivity contribution >= 4 is 0 Å². The standard InChI is InChI=1S/C19H26N2O2/c1-6-23-19-10-16(7-8-18(19)22-5)12-21(4)13-17-15(3)9-14(2)11-20-17/h7-11H,6,12-13H2,1-5H3. The van der Waals surface area contributed by atoms with Crippen molar-refractivity contribution in [2.24, 2.45) is 0 Å². The minimum Gasteiger partial charge on any atom is -0.493 e. The van der Waals surface area contributed by atoms with Crippen LogP contribution in [0.3, 0.4) is 0 Å². The summed E-state index contributed by atoms with van der Waals surface area (Å²) in [5, 5.41) is 0. The first-order valence-corrected chi connectivity index (χ1v) is 7.93. The lowest BCUT2D eigenvalue weighted by atomic mass is 10.1. The zero-order valence-electron chi connectivity index (χ0n) is 14.7. The van der Waals surface area contributed by atoms with Gasteiger partial charge in [0.15, 0.2) is 11.5 Å². The van der Waals surface area contributed by atoms with Crippen molar-refractivity contribution < 1.29 is 9.47 Å². The van der Waals surface area contributed by atoms with Crippen molar-refractivity contribution in [1.82, 2.24) is 9.88 Å². The molecule has 0 aliphatic rings. The van der Waals surface area contributed by atoms with Crippen molar-refractivity contribution in [2.75, 3.05) is 20.8 Å². The fourth-order valence-electron chi connectivity index (χ4n) is 2.62. The number of pyridine rings is 1. The van der Waals surface area contributed by atoms with Crippen molar-refractivity contribution in [3.63, 3.8) is 0 Å². The largest absolute Gasteiger partial charge is 0.493 e. The van der Waals surface area contributed by atoms with E-state index in [1.807, 2.05) is 25.3 Å². The SMILES string of the molecule is CCOc1cc(CN(C)Cc2ncc(C)cc2C)ccc1OC. The molecule has 0 aliphatic carbocycles. The van der Waals surface area contributed by atoms with Gasteiger partial charge in [-0.1, -0.05) is 12.1 Å². The second-order valence-corrected chi connectivity index (χ2v) is 5.87. The lowest BCUT2D eigenvalue weighted by Gasteiger charge is -2.19. The van der Waals surface area contributed by atoms with Gasteiger partial charge in [0.2, 0.25) is 0 Å². The molecular formula is C19H26N2O2. The second kappa shape index (κ2) is 7.97. The predicted molar refractivity (Wildman–Crippen MR) is 93.0 cm³/mol. The number of methoxy groups -OCH3 is 1. The summed E-state index contributed by atoms with van der Waals surface area (Å²) in [6.45, 7) is 8.44. The number of aromatic nitrogens is 1. The molecule has 124 valence electrons. The summed E-state index contributed by atoms with van der Waals surface area (Å²) in [6, 6.07) is 8.27. The molecule has 1 aromatic carbocycles. The summed E-state index contributed by atoms with van der Waals surface area (Å²) in [5.41, 5.74) is 4.75. The monoisotopic (exact) mass is 314 g/mol. The highest BCUT2D eigenvalue weighted by Gasteiger charge is 2.09. The molecule has 0 radical (unpaired) electrons. The highest BCUT2D eigenvalue weighted by molar-refractivity contribution is 5.43. The third-order valence-electron chi connectivity index (χ3n) is 3.72. The molecule has 0 aliphatic heterocycles. The van der Waals surface area contributed by atoms with Gasteiger partial charge in [-0.2, -0.15) is 0 Å². The van der Waals surface area contributed by atoms with Crippen molar-refractivity contribution in [2.45, 2.75) is 33.9 Å². The summed E-state index contributed by atoms with van der Waals surface area (Å²) in [7, 11) is 3.76. The van der Waals surface area contributed by atoms with Crippen molar-refractivity contribution in [3.8, 4) is 11.5 Å². The summed E-state index contributed by atoms with van der Waals surface area (Å²) in [5.74, 6) is 1.57. The Morgan fingerprint density at radius 3 is 2.52 bits per heavy atom. The van der Waals surface area contributed by atoms with E-state index < -0.39 is 0 Å². The normalized spacial score (nSPS) is 10.9. The average Bonchev–Trinajstić information content (AvgIpc) is 2.51. The Hall–Kier alpha value is -2.07. The molecule has 0 fully saturated rings. The molecule has 0 spiro atoms. The number of rotatable bonds is 7. The van der Waals surface area contributed by atoms with Crippen LogP contribution in [0.2, 0.25) is 0 Å². The van der Waals surface area contributed by atoms with Crippen LogP contribution in [0.15, 0.2) is 30.5 Å². The Labute approximate surface area is 139 Å². The number of hydrogen-bond acceptors (Lipinski definition) is 4. The summed E-state index contributed by atoms with van der Waals surface area (Å²) in [4.78, 5) is 6.80. The van der Waals surface area contributed by atoms with E-state index in [0.29, 0.717) is 6.61 Å². The maximum absolute atomic E-state index is 5.64. The van der Waals surface area contributed by atoms with Gasteiger partial charge in [0, 0.05) is 19.3 Å². The van der Waals surface area contributed by atoms with Gasteiger partial charge in [0.25, 0.3) is 0 Å². The number of aryl methyl sites for hydroxylation is 2. The fraction of sp³-hybridized carbons (Fsp3) is 0.421. The van der Waals surface area contributed by atoms with E-state index in [9.17, 15) is 0 Å². The molecule has 0 saturated heterocycles. The van der Waals surface area contributed by atoms with E-state index in [-0.39, 0.29) is 0 Å². The molecule has 4 heteroatoms. The zero-order chi connectivity index (χ0) is 16.8. The maximum atomic E-state index is 5.64. The maximum Gasteiger partial charge on any atom is 0.161 e. The highest BCUT2D eigenvalue weighted by atomic mass is 16.5. The zero-order valence-corrected chi connectivity index (χ0v) is 14.7. The van der Waals surface area contributed by atoms with Crippen molar-refractivity contribution in [3.05, 3.63) is 52.8 Å². The van der Waals surface area contributed by atoms with Crippen LogP contribution in [-0.2, 0) is 13.1 Å². The molecule has 4 nitrogen and oxygen atoms in total. The van der Waals surface area contributed by atoms with Gasteiger partial charge in [-0.3, -0.25) is 9.88 Å². The Morgan fingerprint density at radius 1 is 1.09 bits per heavy atom. The average molecular weight is 314 g/mol. The Kier molecular flexibility index (Phi) is 5.99. The van der Waals surface area contributed by atoms with E-state index in [1.165, 1.54) is 16.7 Å². The molecule has 1 aromatic heterocycles. The quantitative estimate of drug-likeness (QED) is 0.780. The van der Waals surface area contributed by atoms with Crippen LogP contribution in [0.4, 0.5) is 0 Å². The van der Waals surface area contributed by atoms with Gasteiger partial charge in [-0.05, 0) is 56.6 Å². The van der Waals surface area contributed by atoms with Crippen LogP contribution >= 0.6 is 0 Å². The minimum atomic E-state index is 0.627. The van der Waals surface area contributed by atoms with Gasteiger partial charge < -0.3 is 9.47 Å². The van der Waals surface area contributed by atoms with Crippen LogP contribution in [-0.4, -0.2) is 30.6 Å². The number of ether oxygens (including phenoxy) is 2. The van der Waals surface area contributed by atoms with Crippen LogP contribution in [0.25, 0.3) is 0 Å². The molecule has 0 bridgehead atoms.